The minimum atomic E-state index is -0.196. The van der Waals surface area contributed by atoms with E-state index in [0.29, 0.717) is 13.1 Å². The van der Waals surface area contributed by atoms with Crippen LogP contribution in [0.25, 0.3) is 0 Å². The first kappa shape index (κ1) is 12.1. The van der Waals surface area contributed by atoms with Gasteiger partial charge in [0.1, 0.15) is 0 Å². The zero-order valence-corrected chi connectivity index (χ0v) is 9.92. The highest BCUT2D eigenvalue weighted by Crippen LogP contribution is 2.06. The van der Waals surface area contributed by atoms with Gasteiger partial charge >= 0.3 is 5.97 Å². The van der Waals surface area contributed by atoms with Crippen LogP contribution in [0.15, 0.2) is 10.9 Å². The fourth-order valence-corrected chi connectivity index (χ4v) is 1.87. The van der Waals surface area contributed by atoms with Crippen molar-refractivity contribution in [3.63, 3.8) is 0 Å². The molecule has 0 atom stereocenters. The number of thiazole rings is 1. The highest BCUT2D eigenvalue weighted by atomic mass is 32.1. The van der Waals surface area contributed by atoms with Gasteiger partial charge in [0.2, 0.25) is 0 Å². The molecule has 0 aliphatic rings. The van der Waals surface area contributed by atoms with E-state index < -0.39 is 0 Å². The van der Waals surface area contributed by atoms with Crippen molar-refractivity contribution in [3.05, 3.63) is 16.6 Å². The van der Waals surface area contributed by atoms with Crippen LogP contribution in [0, 0.1) is 0 Å². The average molecular weight is 228 g/mol. The number of rotatable bonds is 6. The van der Waals surface area contributed by atoms with Gasteiger partial charge in [0.05, 0.1) is 24.9 Å². The number of carbonyl (C=O) groups is 1. The Balaban J connectivity index is 2.46. The van der Waals surface area contributed by atoms with Gasteiger partial charge in [-0.2, -0.15) is 0 Å². The molecule has 84 valence electrons. The Morgan fingerprint density at radius 1 is 1.67 bits per heavy atom. The third kappa shape index (κ3) is 4.40. The summed E-state index contributed by atoms with van der Waals surface area (Å²) in [5, 5.41) is 2.00. The summed E-state index contributed by atoms with van der Waals surface area (Å²) >= 11 is 1.57. The summed E-state index contributed by atoms with van der Waals surface area (Å²) in [4.78, 5) is 17.4. The third-order valence-electron chi connectivity index (χ3n) is 1.99. The van der Waals surface area contributed by atoms with E-state index in [4.69, 9.17) is 0 Å². The van der Waals surface area contributed by atoms with Crippen molar-refractivity contribution >= 4 is 17.3 Å². The topological polar surface area (TPSA) is 42.4 Å². The van der Waals surface area contributed by atoms with E-state index in [1.54, 1.807) is 16.8 Å². The molecule has 0 aromatic carbocycles. The average Bonchev–Trinajstić information content (AvgIpc) is 2.70. The number of ether oxygens (including phenoxy) is 1. The summed E-state index contributed by atoms with van der Waals surface area (Å²) in [6.45, 7) is 4.02. The van der Waals surface area contributed by atoms with Gasteiger partial charge in [0.15, 0.2) is 0 Å². The second kappa shape index (κ2) is 6.53. The molecule has 0 N–H and O–H groups in total. The van der Waals surface area contributed by atoms with E-state index in [-0.39, 0.29) is 5.97 Å². The summed E-state index contributed by atoms with van der Waals surface area (Å²) in [6.07, 6.45) is 1.02. The fraction of sp³-hybridized carbons (Fsp3) is 0.600. The molecule has 0 saturated heterocycles. The number of carbonyl (C=O) groups excluding carboxylic acids is 1. The molecule has 0 radical (unpaired) electrons. The van der Waals surface area contributed by atoms with Crippen molar-refractivity contribution < 1.29 is 9.53 Å². The van der Waals surface area contributed by atoms with Crippen LogP contribution in [-0.2, 0) is 16.1 Å². The van der Waals surface area contributed by atoms with E-state index in [1.807, 2.05) is 10.3 Å². The van der Waals surface area contributed by atoms with Gasteiger partial charge in [-0.25, -0.2) is 4.98 Å². The molecule has 0 aliphatic carbocycles. The minimum Gasteiger partial charge on any atom is -0.468 e. The number of hydrogen-bond acceptors (Lipinski definition) is 5. The first-order chi connectivity index (χ1) is 7.26. The van der Waals surface area contributed by atoms with Crippen LogP contribution >= 0.6 is 11.3 Å². The van der Waals surface area contributed by atoms with Crippen molar-refractivity contribution in [2.24, 2.45) is 0 Å². The van der Waals surface area contributed by atoms with Gasteiger partial charge in [-0.1, -0.05) is 6.92 Å². The molecule has 5 heteroatoms. The number of hydrogen-bond donors (Lipinski definition) is 0. The smallest absolute Gasteiger partial charge is 0.319 e. The van der Waals surface area contributed by atoms with E-state index >= 15 is 0 Å². The molecule has 1 heterocycles. The highest BCUT2D eigenvalue weighted by Gasteiger charge is 2.11. The van der Waals surface area contributed by atoms with E-state index in [2.05, 4.69) is 16.6 Å². The van der Waals surface area contributed by atoms with Crippen LogP contribution in [0.4, 0.5) is 0 Å². The number of esters is 1. The largest absolute Gasteiger partial charge is 0.468 e. The molecule has 1 aromatic heterocycles. The first-order valence-corrected chi connectivity index (χ1v) is 5.86. The monoisotopic (exact) mass is 228 g/mol. The Bertz CT molecular complexity index is 288. The second-order valence-electron chi connectivity index (χ2n) is 3.27. The molecule has 0 fully saturated rings. The van der Waals surface area contributed by atoms with Crippen LogP contribution in [0.2, 0.25) is 0 Å². The van der Waals surface area contributed by atoms with Crippen molar-refractivity contribution in [3.8, 4) is 0 Å². The summed E-state index contributed by atoms with van der Waals surface area (Å²) in [5.41, 5.74) is 2.81. The summed E-state index contributed by atoms with van der Waals surface area (Å²) < 4.78 is 4.65. The Labute approximate surface area is 93.9 Å². The maximum Gasteiger partial charge on any atom is 0.319 e. The molecule has 4 nitrogen and oxygen atoms in total. The van der Waals surface area contributed by atoms with Crippen molar-refractivity contribution in [2.75, 3.05) is 20.2 Å². The van der Waals surface area contributed by atoms with Crippen LogP contribution < -0.4 is 0 Å². The molecular weight excluding hydrogens is 212 g/mol. The van der Waals surface area contributed by atoms with Crippen molar-refractivity contribution in [2.45, 2.75) is 19.9 Å². The maximum absolute atomic E-state index is 11.1. The lowest BCUT2D eigenvalue weighted by Crippen LogP contribution is -2.30. The van der Waals surface area contributed by atoms with E-state index in [1.165, 1.54) is 7.11 Å². The van der Waals surface area contributed by atoms with Crippen molar-refractivity contribution in [1.29, 1.82) is 0 Å². The Kier molecular flexibility index (Phi) is 5.28. The van der Waals surface area contributed by atoms with Crippen LogP contribution in [0.3, 0.4) is 0 Å². The summed E-state index contributed by atoms with van der Waals surface area (Å²) in [7, 11) is 1.41. The Hall–Kier alpha value is -0.940. The summed E-state index contributed by atoms with van der Waals surface area (Å²) in [5.74, 6) is -0.196. The third-order valence-corrected chi connectivity index (χ3v) is 2.62. The van der Waals surface area contributed by atoms with Gasteiger partial charge in [0.25, 0.3) is 0 Å². The van der Waals surface area contributed by atoms with Gasteiger partial charge in [-0.05, 0) is 13.0 Å². The second-order valence-corrected chi connectivity index (χ2v) is 3.99. The predicted octanol–water partition coefficient (Wildman–Crippen LogP) is 1.53. The standard InChI is InChI=1S/C10H16N2O2S/c1-3-4-12(6-10(13)14-2)5-9-7-15-8-11-9/h7-8H,3-6H2,1-2H3. The SMILES string of the molecule is CCCN(CC(=O)OC)Cc1cscn1. The lowest BCUT2D eigenvalue weighted by molar-refractivity contribution is -0.142. The molecule has 0 unspecified atom stereocenters. The number of methoxy groups -OCH3 is 1. The van der Waals surface area contributed by atoms with E-state index in [9.17, 15) is 4.79 Å². The molecule has 0 bridgehead atoms. The molecule has 0 saturated carbocycles. The molecule has 1 rings (SSSR count). The zero-order chi connectivity index (χ0) is 11.1. The summed E-state index contributed by atoms with van der Waals surface area (Å²) in [6, 6.07) is 0. The minimum absolute atomic E-state index is 0.196. The molecule has 0 amide bonds. The highest BCUT2D eigenvalue weighted by molar-refractivity contribution is 7.07. The Morgan fingerprint density at radius 3 is 3.00 bits per heavy atom. The van der Waals surface area contributed by atoms with Gasteiger partial charge in [0, 0.05) is 11.9 Å². The van der Waals surface area contributed by atoms with Gasteiger partial charge in [-0.15, -0.1) is 11.3 Å². The normalized spacial score (nSPS) is 10.6. The van der Waals surface area contributed by atoms with Gasteiger partial charge in [-0.3, -0.25) is 9.69 Å². The van der Waals surface area contributed by atoms with Gasteiger partial charge < -0.3 is 4.74 Å². The molecule has 1 aromatic rings. The fourth-order valence-electron chi connectivity index (χ4n) is 1.32. The molecular formula is C10H16N2O2S. The van der Waals surface area contributed by atoms with Crippen LogP contribution in [-0.4, -0.2) is 36.1 Å². The lowest BCUT2D eigenvalue weighted by Gasteiger charge is -2.18. The number of nitrogens with zero attached hydrogens (tertiary/aromatic N) is 2. The maximum atomic E-state index is 11.1. The van der Waals surface area contributed by atoms with Crippen LogP contribution in [0.1, 0.15) is 19.0 Å². The molecule has 15 heavy (non-hydrogen) atoms. The lowest BCUT2D eigenvalue weighted by atomic mass is 10.3. The zero-order valence-electron chi connectivity index (χ0n) is 9.10. The molecule has 0 aliphatic heterocycles. The predicted molar refractivity (Wildman–Crippen MR) is 59.7 cm³/mol. The number of aromatic nitrogens is 1. The van der Waals surface area contributed by atoms with E-state index in [0.717, 1.165) is 18.7 Å². The van der Waals surface area contributed by atoms with Crippen molar-refractivity contribution in [1.82, 2.24) is 9.88 Å². The quantitative estimate of drug-likeness (QED) is 0.692. The van der Waals surface area contributed by atoms with Crippen LogP contribution in [0.5, 0.6) is 0 Å². The first-order valence-electron chi connectivity index (χ1n) is 4.92. The molecule has 0 spiro atoms. The Morgan fingerprint density at radius 2 is 2.47 bits per heavy atom.